The van der Waals surface area contributed by atoms with E-state index in [0.29, 0.717) is 0 Å². The maximum absolute atomic E-state index is 5.91. The van der Waals surface area contributed by atoms with E-state index in [1.165, 1.54) is 25.7 Å². The van der Waals surface area contributed by atoms with Gasteiger partial charge in [0.25, 0.3) is 0 Å². The van der Waals surface area contributed by atoms with E-state index in [1.807, 2.05) is 0 Å². The van der Waals surface area contributed by atoms with Gasteiger partial charge in [0.1, 0.15) is 0 Å². The molecule has 0 aromatic carbocycles. The molecule has 1 saturated carbocycles. The molecular weight excluding hydrogens is 156 g/mol. The molecule has 3 aliphatic carbocycles. The van der Waals surface area contributed by atoms with Crippen LogP contribution in [0.25, 0.3) is 0 Å². The Morgan fingerprint density at radius 3 is 2.55 bits per heavy atom. The highest BCUT2D eigenvalue weighted by Crippen LogP contribution is 2.38. The third kappa shape index (κ3) is 1.46. The van der Waals surface area contributed by atoms with E-state index in [0.717, 1.165) is 23.6 Å². The Hall–Kier alpha value is 0.0300. The van der Waals surface area contributed by atoms with Gasteiger partial charge in [0.15, 0.2) is 0 Å². The summed E-state index contributed by atoms with van der Waals surface area (Å²) >= 11 is 5.91. The molecule has 0 aromatic heterocycles. The predicted octanol–water partition coefficient (Wildman–Crippen LogP) is 3.22. The smallest absolute Gasteiger partial charge is 0.0257 e. The largest absolute Gasteiger partial charge is 0.126 e. The van der Waals surface area contributed by atoms with Crippen molar-refractivity contribution in [3.63, 3.8) is 0 Å². The lowest BCUT2D eigenvalue weighted by atomic mass is 9.87. The molecule has 0 radical (unpaired) electrons. The molecule has 3 atom stereocenters. The van der Waals surface area contributed by atoms with Crippen molar-refractivity contribution < 1.29 is 0 Å². The summed E-state index contributed by atoms with van der Waals surface area (Å²) in [4.78, 5) is 0. The first-order chi connectivity index (χ1) is 5.40. The number of rotatable bonds is 1. The lowest BCUT2D eigenvalue weighted by Crippen LogP contribution is -2.13. The van der Waals surface area contributed by atoms with Gasteiger partial charge >= 0.3 is 0 Å². The van der Waals surface area contributed by atoms with Gasteiger partial charge in [-0.2, -0.15) is 0 Å². The first-order valence-electron chi connectivity index (χ1n) is 4.64. The SMILES string of the molecule is ClCC1CCC2C=CC1CC2. The topological polar surface area (TPSA) is 0 Å². The summed E-state index contributed by atoms with van der Waals surface area (Å²) in [5.41, 5.74) is 0. The first kappa shape index (κ1) is 7.67. The molecule has 0 N–H and O–H groups in total. The lowest BCUT2D eigenvalue weighted by Gasteiger charge is -2.20. The number of hydrogen-bond acceptors (Lipinski definition) is 0. The summed E-state index contributed by atoms with van der Waals surface area (Å²) in [5.74, 6) is 3.34. The molecule has 0 amide bonds. The van der Waals surface area contributed by atoms with Crippen LogP contribution in [0.2, 0.25) is 0 Å². The molecule has 0 nitrogen and oxygen atoms in total. The van der Waals surface area contributed by atoms with Gasteiger partial charge in [-0.15, -0.1) is 11.6 Å². The zero-order valence-electron chi connectivity index (χ0n) is 6.80. The second kappa shape index (κ2) is 3.18. The lowest BCUT2D eigenvalue weighted by molar-refractivity contribution is 0.409. The monoisotopic (exact) mass is 170 g/mol. The quantitative estimate of drug-likeness (QED) is 0.419. The van der Waals surface area contributed by atoms with Crippen molar-refractivity contribution in [2.75, 3.05) is 5.88 Å². The fraction of sp³-hybridized carbons (Fsp3) is 0.800. The molecule has 1 fully saturated rings. The van der Waals surface area contributed by atoms with Gasteiger partial charge in [-0.3, -0.25) is 0 Å². The van der Waals surface area contributed by atoms with Crippen LogP contribution in [0.1, 0.15) is 25.7 Å². The molecule has 0 saturated heterocycles. The van der Waals surface area contributed by atoms with Crippen LogP contribution >= 0.6 is 11.6 Å². The second-order valence-corrected chi connectivity index (χ2v) is 4.19. The molecule has 0 heterocycles. The van der Waals surface area contributed by atoms with E-state index < -0.39 is 0 Å². The minimum absolute atomic E-state index is 0.778. The summed E-state index contributed by atoms with van der Waals surface area (Å²) in [7, 11) is 0. The summed E-state index contributed by atoms with van der Waals surface area (Å²) in [6, 6.07) is 0. The fourth-order valence-electron chi connectivity index (χ4n) is 2.37. The van der Waals surface area contributed by atoms with Crippen molar-refractivity contribution in [3.8, 4) is 0 Å². The van der Waals surface area contributed by atoms with Gasteiger partial charge in [-0.1, -0.05) is 12.2 Å². The van der Waals surface area contributed by atoms with Gasteiger partial charge < -0.3 is 0 Å². The van der Waals surface area contributed by atoms with Crippen LogP contribution in [0.4, 0.5) is 0 Å². The summed E-state index contributed by atoms with van der Waals surface area (Å²) < 4.78 is 0. The molecule has 2 bridgehead atoms. The average Bonchev–Trinajstić information content (AvgIpc) is 2.36. The molecule has 62 valence electrons. The minimum atomic E-state index is 0.778. The zero-order chi connectivity index (χ0) is 7.68. The van der Waals surface area contributed by atoms with E-state index in [-0.39, 0.29) is 0 Å². The van der Waals surface area contributed by atoms with Crippen molar-refractivity contribution in [1.82, 2.24) is 0 Å². The number of alkyl halides is 1. The van der Waals surface area contributed by atoms with Crippen molar-refractivity contribution in [1.29, 1.82) is 0 Å². The minimum Gasteiger partial charge on any atom is -0.126 e. The van der Waals surface area contributed by atoms with Crippen LogP contribution in [0, 0.1) is 17.8 Å². The van der Waals surface area contributed by atoms with E-state index >= 15 is 0 Å². The van der Waals surface area contributed by atoms with Crippen LogP contribution in [0.3, 0.4) is 0 Å². The Labute approximate surface area is 73.6 Å². The van der Waals surface area contributed by atoms with E-state index in [4.69, 9.17) is 11.6 Å². The molecule has 0 spiro atoms. The van der Waals surface area contributed by atoms with Crippen molar-refractivity contribution in [3.05, 3.63) is 12.2 Å². The van der Waals surface area contributed by atoms with Crippen molar-refractivity contribution in [2.45, 2.75) is 25.7 Å². The van der Waals surface area contributed by atoms with Gasteiger partial charge in [-0.25, -0.2) is 0 Å². The molecule has 3 rings (SSSR count). The van der Waals surface area contributed by atoms with Crippen LogP contribution in [-0.2, 0) is 0 Å². The number of allylic oxidation sites excluding steroid dienone is 2. The van der Waals surface area contributed by atoms with Gasteiger partial charge in [-0.05, 0) is 43.4 Å². The van der Waals surface area contributed by atoms with Crippen molar-refractivity contribution >= 4 is 11.6 Å². The average molecular weight is 171 g/mol. The van der Waals surface area contributed by atoms with Crippen LogP contribution in [0.5, 0.6) is 0 Å². The summed E-state index contributed by atoms with van der Waals surface area (Å²) in [6.45, 7) is 0. The molecular formula is C10H15Cl. The van der Waals surface area contributed by atoms with E-state index in [1.54, 1.807) is 0 Å². The number of hydrogen-bond donors (Lipinski definition) is 0. The number of fused-ring (bicyclic) bond motifs is 3. The highest BCUT2D eigenvalue weighted by Gasteiger charge is 2.27. The summed E-state index contributed by atoms with van der Waals surface area (Å²) in [6.07, 6.45) is 10.4. The van der Waals surface area contributed by atoms with Crippen molar-refractivity contribution in [2.24, 2.45) is 17.8 Å². The molecule has 0 aromatic rings. The Balaban J connectivity index is 2.11. The van der Waals surface area contributed by atoms with E-state index in [2.05, 4.69) is 12.2 Å². The Morgan fingerprint density at radius 2 is 1.91 bits per heavy atom. The van der Waals surface area contributed by atoms with E-state index in [9.17, 15) is 0 Å². The van der Waals surface area contributed by atoms with Crippen LogP contribution in [-0.4, -0.2) is 5.88 Å². The number of halogens is 1. The molecule has 3 unspecified atom stereocenters. The maximum atomic E-state index is 5.91. The maximum Gasteiger partial charge on any atom is 0.0257 e. The van der Waals surface area contributed by atoms with Crippen LogP contribution in [0.15, 0.2) is 12.2 Å². The first-order valence-corrected chi connectivity index (χ1v) is 5.18. The zero-order valence-corrected chi connectivity index (χ0v) is 7.56. The predicted molar refractivity (Wildman–Crippen MR) is 48.8 cm³/mol. The highest BCUT2D eigenvalue weighted by atomic mass is 35.5. The molecule has 3 aliphatic rings. The highest BCUT2D eigenvalue weighted by molar-refractivity contribution is 6.18. The molecule has 0 aliphatic heterocycles. The Bertz CT molecular complexity index is 162. The van der Waals surface area contributed by atoms with Gasteiger partial charge in [0, 0.05) is 5.88 Å². The normalized spacial score (nSPS) is 42.5. The molecule has 1 heteroatoms. The molecule has 11 heavy (non-hydrogen) atoms. The fourth-order valence-corrected chi connectivity index (χ4v) is 2.75. The second-order valence-electron chi connectivity index (χ2n) is 3.88. The van der Waals surface area contributed by atoms with Gasteiger partial charge in [0.05, 0.1) is 0 Å². The third-order valence-electron chi connectivity index (χ3n) is 3.21. The summed E-state index contributed by atoms with van der Waals surface area (Å²) in [5, 5.41) is 0. The Morgan fingerprint density at radius 1 is 1.09 bits per heavy atom. The van der Waals surface area contributed by atoms with Crippen LogP contribution < -0.4 is 0 Å². The standard InChI is InChI=1S/C10H15Cl/c11-7-10-6-3-8-1-4-9(10)5-2-8/h1,4,8-10H,2-3,5-7H2. The Kier molecular flexibility index (Phi) is 2.22. The van der Waals surface area contributed by atoms with Gasteiger partial charge in [0.2, 0.25) is 0 Å². The third-order valence-corrected chi connectivity index (χ3v) is 3.61.